The van der Waals surface area contributed by atoms with Gasteiger partial charge in [-0.2, -0.15) is 0 Å². The van der Waals surface area contributed by atoms with Gasteiger partial charge < -0.3 is 16.4 Å². The summed E-state index contributed by atoms with van der Waals surface area (Å²) in [6.45, 7) is 0.452. The Morgan fingerprint density at radius 3 is 2.36 bits per heavy atom. The second-order valence-corrected chi connectivity index (χ2v) is 7.28. The van der Waals surface area contributed by atoms with Crippen LogP contribution in [0.15, 0.2) is 12.2 Å². The summed E-state index contributed by atoms with van der Waals surface area (Å²) in [6, 6.07) is -0.692. The quantitative estimate of drug-likeness (QED) is 0.310. The molecule has 1 unspecified atom stereocenters. The number of nitrogens with two attached hydrogens (primary N) is 1. The number of carbonyl (C=O) groups excluding carboxylic acids is 5. The molecule has 5 amide bonds. The predicted molar refractivity (Wildman–Crippen MR) is 100 cm³/mol. The number of imide groups is 1. The smallest absolute Gasteiger partial charge is 0.253 e. The van der Waals surface area contributed by atoms with E-state index in [-0.39, 0.29) is 24.8 Å². The van der Waals surface area contributed by atoms with E-state index in [1.165, 1.54) is 12.2 Å². The molecule has 4 N–H and O–H groups in total. The first kappa shape index (κ1) is 21.6. The minimum Gasteiger partial charge on any atom is -0.368 e. The first-order chi connectivity index (χ1) is 13.4. The molecule has 9 heteroatoms. The molecule has 1 saturated carbocycles. The van der Waals surface area contributed by atoms with Crippen molar-refractivity contribution in [1.29, 1.82) is 0 Å². The average molecular weight is 392 g/mol. The van der Waals surface area contributed by atoms with E-state index < -0.39 is 23.8 Å². The Kier molecular flexibility index (Phi) is 8.16. The Bertz CT molecular complexity index is 639. The second kappa shape index (κ2) is 10.6. The third kappa shape index (κ3) is 6.79. The number of nitrogens with zero attached hydrogens (tertiary/aromatic N) is 1. The Labute approximate surface area is 164 Å². The normalized spacial score (nSPS) is 17.4. The summed E-state index contributed by atoms with van der Waals surface area (Å²) in [7, 11) is 0. The molecular formula is C19H28N4O5. The molecular weight excluding hydrogens is 364 g/mol. The van der Waals surface area contributed by atoms with Crippen molar-refractivity contribution in [2.24, 2.45) is 11.7 Å². The zero-order valence-corrected chi connectivity index (χ0v) is 15.9. The fourth-order valence-corrected chi connectivity index (χ4v) is 3.15. The first-order valence-electron chi connectivity index (χ1n) is 9.75. The summed E-state index contributed by atoms with van der Waals surface area (Å²) in [5.41, 5.74) is 5.36. The number of nitrogens with one attached hydrogen (secondary N) is 2. The monoisotopic (exact) mass is 392 g/mol. The highest BCUT2D eigenvalue weighted by molar-refractivity contribution is 6.13. The number of amides is 5. The lowest BCUT2D eigenvalue weighted by Crippen LogP contribution is -2.45. The van der Waals surface area contributed by atoms with Crippen molar-refractivity contribution >= 4 is 29.5 Å². The fourth-order valence-electron chi connectivity index (χ4n) is 3.15. The van der Waals surface area contributed by atoms with E-state index in [1.54, 1.807) is 0 Å². The maximum absolute atomic E-state index is 11.9. The largest absolute Gasteiger partial charge is 0.368 e. The highest BCUT2D eigenvalue weighted by atomic mass is 16.2. The van der Waals surface area contributed by atoms with Gasteiger partial charge in [-0.05, 0) is 38.0 Å². The van der Waals surface area contributed by atoms with Crippen molar-refractivity contribution in [2.45, 2.75) is 57.4 Å². The highest BCUT2D eigenvalue weighted by Gasteiger charge is 2.24. The topological polar surface area (TPSA) is 139 Å². The van der Waals surface area contributed by atoms with Crippen LogP contribution >= 0.6 is 0 Å². The molecule has 0 aromatic heterocycles. The molecule has 2 aliphatic rings. The maximum atomic E-state index is 11.9. The molecule has 0 aromatic rings. The maximum Gasteiger partial charge on any atom is 0.253 e. The molecule has 154 valence electrons. The second-order valence-electron chi connectivity index (χ2n) is 7.28. The SMILES string of the molecule is NC(=O)C(CCCCNC(=O)CCN1C(=O)C=CC1=O)NC(=O)CC1CCC1. The van der Waals surface area contributed by atoms with Gasteiger partial charge in [0.1, 0.15) is 6.04 Å². The van der Waals surface area contributed by atoms with Crippen LogP contribution in [-0.4, -0.2) is 53.6 Å². The van der Waals surface area contributed by atoms with Crippen molar-refractivity contribution in [3.63, 3.8) is 0 Å². The van der Waals surface area contributed by atoms with Crippen LogP contribution in [0.2, 0.25) is 0 Å². The lowest BCUT2D eigenvalue weighted by Gasteiger charge is -2.25. The highest BCUT2D eigenvalue weighted by Crippen LogP contribution is 2.29. The first-order valence-corrected chi connectivity index (χ1v) is 9.75. The molecule has 28 heavy (non-hydrogen) atoms. The van der Waals surface area contributed by atoms with E-state index in [9.17, 15) is 24.0 Å². The van der Waals surface area contributed by atoms with Crippen LogP contribution in [0.1, 0.15) is 51.4 Å². The molecule has 2 rings (SSSR count). The van der Waals surface area contributed by atoms with Gasteiger partial charge in [-0.15, -0.1) is 0 Å². The van der Waals surface area contributed by atoms with Crippen LogP contribution in [0.25, 0.3) is 0 Å². The Morgan fingerprint density at radius 1 is 1.11 bits per heavy atom. The molecule has 0 radical (unpaired) electrons. The molecule has 1 aliphatic heterocycles. The standard InChI is InChI=1S/C19H28N4O5/c20-19(28)14(22-16(25)12-13-4-3-5-13)6-1-2-10-21-15(24)9-11-23-17(26)7-8-18(23)27/h7-8,13-14H,1-6,9-12H2,(H2,20,28)(H,21,24)(H,22,25). The van der Waals surface area contributed by atoms with E-state index in [4.69, 9.17) is 5.73 Å². The number of hydrogen-bond acceptors (Lipinski definition) is 5. The van der Waals surface area contributed by atoms with E-state index >= 15 is 0 Å². The zero-order valence-electron chi connectivity index (χ0n) is 15.9. The van der Waals surface area contributed by atoms with E-state index in [0.29, 0.717) is 38.1 Å². The van der Waals surface area contributed by atoms with Crippen molar-refractivity contribution < 1.29 is 24.0 Å². The molecule has 0 spiro atoms. The summed E-state index contributed by atoms with van der Waals surface area (Å²) in [5, 5.41) is 5.41. The van der Waals surface area contributed by atoms with E-state index in [2.05, 4.69) is 10.6 Å². The number of unbranched alkanes of at least 4 members (excludes halogenated alkanes) is 1. The summed E-state index contributed by atoms with van der Waals surface area (Å²) in [5.74, 6) is -1.34. The van der Waals surface area contributed by atoms with Crippen molar-refractivity contribution in [2.75, 3.05) is 13.1 Å². The molecule has 1 atom stereocenters. The summed E-state index contributed by atoms with van der Waals surface area (Å²) >= 11 is 0. The lowest BCUT2D eigenvalue weighted by molar-refractivity contribution is -0.137. The van der Waals surface area contributed by atoms with Crippen LogP contribution < -0.4 is 16.4 Å². The van der Waals surface area contributed by atoms with Gasteiger partial charge in [-0.3, -0.25) is 28.9 Å². The predicted octanol–water partition coefficient (Wildman–Crippen LogP) is -0.252. The van der Waals surface area contributed by atoms with Gasteiger partial charge in [0.2, 0.25) is 17.7 Å². The molecule has 1 aliphatic carbocycles. The van der Waals surface area contributed by atoms with Gasteiger partial charge in [0.05, 0.1) is 0 Å². The number of primary amides is 1. The molecule has 9 nitrogen and oxygen atoms in total. The van der Waals surface area contributed by atoms with Crippen LogP contribution in [0.3, 0.4) is 0 Å². The summed E-state index contributed by atoms with van der Waals surface area (Å²) in [6.07, 6.45) is 7.78. The minimum atomic E-state index is -0.692. The third-order valence-electron chi connectivity index (χ3n) is 5.08. The zero-order chi connectivity index (χ0) is 20.5. The lowest BCUT2D eigenvalue weighted by atomic mass is 9.83. The van der Waals surface area contributed by atoms with Gasteiger partial charge >= 0.3 is 0 Å². The summed E-state index contributed by atoms with van der Waals surface area (Å²) in [4.78, 5) is 59.0. The third-order valence-corrected chi connectivity index (χ3v) is 5.08. The molecule has 1 heterocycles. The van der Waals surface area contributed by atoms with Crippen molar-refractivity contribution in [3.05, 3.63) is 12.2 Å². The van der Waals surface area contributed by atoms with Gasteiger partial charge in [0.15, 0.2) is 0 Å². The minimum absolute atomic E-state index is 0.0420. The van der Waals surface area contributed by atoms with Crippen LogP contribution in [0.5, 0.6) is 0 Å². The van der Waals surface area contributed by atoms with E-state index in [0.717, 1.165) is 24.2 Å². The molecule has 1 fully saturated rings. The Morgan fingerprint density at radius 2 is 1.79 bits per heavy atom. The number of hydrogen-bond donors (Lipinski definition) is 3. The van der Waals surface area contributed by atoms with E-state index in [1.807, 2.05) is 0 Å². The van der Waals surface area contributed by atoms with Crippen LogP contribution in [0, 0.1) is 5.92 Å². The van der Waals surface area contributed by atoms with Gasteiger partial charge in [0.25, 0.3) is 11.8 Å². The molecule has 0 saturated heterocycles. The summed E-state index contributed by atoms with van der Waals surface area (Å²) < 4.78 is 0. The van der Waals surface area contributed by atoms with Crippen LogP contribution in [0.4, 0.5) is 0 Å². The van der Waals surface area contributed by atoms with Gasteiger partial charge in [0, 0.05) is 38.1 Å². The number of carbonyl (C=O) groups is 5. The average Bonchev–Trinajstić information content (AvgIpc) is 2.93. The van der Waals surface area contributed by atoms with Gasteiger partial charge in [-0.1, -0.05) is 6.42 Å². The van der Waals surface area contributed by atoms with Gasteiger partial charge in [-0.25, -0.2) is 0 Å². The number of rotatable bonds is 12. The van der Waals surface area contributed by atoms with Crippen molar-refractivity contribution in [3.8, 4) is 0 Å². The van der Waals surface area contributed by atoms with Crippen molar-refractivity contribution in [1.82, 2.24) is 15.5 Å². The fraction of sp³-hybridized carbons (Fsp3) is 0.632. The Hall–Kier alpha value is -2.71. The molecule has 0 bridgehead atoms. The Balaban J connectivity index is 1.56. The molecule has 0 aromatic carbocycles. The van der Waals surface area contributed by atoms with Crippen LogP contribution in [-0.2, 0) is 24.0 Å².